The topological polar surface area (TPSA) is 9.86 Å². The SMILES string of the molecule is CC(C)(C)c1ccc2c3c4cccc5c4c4c(cccc4c3n(-c3ccccc3)c2c1)c1c2ccc(C(C)(C)C)cc2n(-c2ccccc2)c51. The van der Waals surface area contributed by atoms with Crippen molar-refractivity contribution in [3.8, 4) is 11.4 Å². The van der Waals surface area contributed by atoms with Gasteiger partial charge in [0.05, 0.1) is 22.1 Å². The molecule has 2 aromatic heterocycles. The Morgan fingerprint density at radius 1 is 0.340 bits per heavy atom. The summed E-state index contributed by atoms with van der Waals surface area (Å²) in [5.74, 6) is 0. The van der Waals surface area contributed by atoms with Gasteiger partial charge in [0, 0.05) is 54.5 Å². The van der Waals surface area contributed by atoms with E-state index in [1.165, 1.54) is 98.4 Å². The van der Waals surface area contributed by atoms with E-state index in [0.717, 1.165) is 0 Å². The highest BCUT2D eigenvalue weighted by Crippen LogP contribution is 2.51. The summed E-state index contributed by atoms with van der Waals surface area (Å²) in [5, 5.41) is 13.2. The van der Waals surface area contributed by atoms with Crippen LogP contribution >= 0.6 is 0 Å². The Bertz CT molecular complexity index is 2750. The highest BCUT2D eigenvalue weighted by atomic mass is 15.0. The van der Waals surface area contributed by atoms with Gasteiger partial charge in [0.25, 0.3) is 0 Å². The zero-order valence-electron chi connectivity index (χ0n) is 29.6. The van der Waals surface area contributed by atoms with E-state index in [9.17, 15) is 0 Å². The summed E-state index contributed by atoms with van der Waals surface area (Å²) < 4.78 is 5.06. The lowest BCUT2D eigenvalue weighted by molar-refractivity contribution is 0.590. The predicted octanol–water partition coefficient (Wildman–Crippen LogP) is 13.4. The van der Waals surface area contributed by atoms with Crippen molar-refractivity contribution < 1.29 is 0 Å². The molecule has 8 aromatic carbocycles. The summed E-state index contributed by atoms with van der Waals surface area (Å²) in [4.78, 5) is 0. The van der Waals surface area contributed by atoms with Gasteiger partial charge in [-0.25, -0.2) is 0 Å². The summed E-state index contributed by atoms with van der Waals surface area (Å²) in [6, 6.07) is 50.2. The largest absolute Gasteiger partial charge is 0.309 e. The second-order valence-corrected chi connectivity index (χ2v) is 16.2. The number of para-hydroxylation sites is 2. The molecular weight excluding hydrogens is 605 g/mol. The zero-order valence-corrected chi connectivity index (χ0v) is 29.6. The Labute approximate surface area is 292 Å². The molecule has 0 fully saturated rings. The minimum atomic E-state index is 0.0332. The quantitative estimate of drug-likeness (QED) is 0.166. The number of hydrogen-bond acceptors (Lipinski definition) is 0. The minimum Gasteiger partial charge on any atom is -0.309 e. The first-order chi connectivity index (χ1) is 24.1. The summed E-state index contributed by atoms with van der Waals surface area (Å²) in [6.45, 7) is 13.9. The first kappa shape index (κ1) is 29.3. The average Bonchev–Trinajstić information content (AvgIpc) is 3.65. The summed E-state index contributed by atoms with van der Waals surface area (Å²) in [6.07, 6.45) is 0. The fourth-order valence-corrected chi connectivity index (χ4v) is 8.71. The highest BCUT2D eigenvalue weighted by molar-refractivity contribution is 6.44. The van der Waals surface area contributed by atoms with Crippen molar-refractivity contribution in [2.45, 2.75) is 52.4 Å². The molecule has 2 heterocycles. The van der Waals surface area contributed by atoms with E-state index < -0.39 is 0 Å². The molecule has 0 radical (unpaired) electrons. The monoisotopic (exact) mass is 644 g/mol. The molecule has 50 heavy (non-hydrogen) atoms. The number of benzene rings is 8. The van der Waals surface area contributed by atoms with Crippen LogP contribution in [-0.2, 0) is 10.8 Å². The first-order valence-electron chi connectivity index (χ1n) is 17.9. The van der Waals surface area contributed by atoms with Crippen molar-refractivity contribution in [3.63, 3.8) is 0 Å². The van der Waals surface area contributed by atoms with E-state index in [2.05, 4.69) is 184 Å². The van der Waals surface area contributed by atoms with Gasteiger partial charge >= 0.3 is 0 Å². The predicted molar refractivity (Wildman–Crippen MR) is 216 cm³/mol. The van der Waals surface area contributed by atoms with Crippen LogP contribution < -0.4 is 0 Å². The molecule has 0 bridgehead atoms. The molecule has 0 saturated carbocycles. The van der Waals surface area contributed by atoms with Crippen LogP contribution in [0.25, 0.3) is 87.3 Å². The number of fused-ring (bicyclic) bond motifs is 10. The molecule has 0 saturated heterocycles. The molecule has 10 rings (SSSR count). The molecule has 0 N–H and O–H groups in total. The third-order valence-corrected chi connectivity index (χ3v) is 11.1. The van der Waals surface area contributed by atoms with E-state index >= 15 is 0 Å². The van der Waals surface area contributed by atoms with Crippen LogP contribution in [0, 0.1) is 0 Å². The molecular formula is C48H40N2. The number of nitrogens with zero attached hydrogens (tertiary/aromatic N) is 2. The van der Waals surface area contributed by atoms with Crippen LogP contribution in [-0.4, -0.2) is 9.13 Å². The Morgan fingerprint density at radius 3 is 1.10 bits per heavy atom. The van der Waals surface area contributed by atoms with Gasteiger partial charge in [0.1, 0.15) is 0 Å². The van der Waals surface area contributed by atoms with Gasteiger partial charge < -0.3 is 9.13 Å². The average molecular weight is 645 g/mol. The van der Waals surface area contributed by atoms with Crippen LogP contribution in [0.5, 0.6) is 0 Å². The lowest BCUT2D eigenvalue weighted by Gasteiger charge is -2.19. The summed E-state index contributed by atoms with van der Waals surface area (Å²) in [7, 11) is 0. The van der Waals surface area contributed by atoms with Crippen molar-refractivity contribution >= 4 is 75.9 Å². The van der Waals surface area contributed by atoms with Crippen LogP contribution in [0.15, 0.2) is 133 Å². The van der Waals surface area contributed by atoms with Gasteiger partial charge in [-0.2, -0.15) is 0 Å². The fraction of sp³-hybridized carbons (Fsp3) is 0.167. The zero-order chi connectivity index (χ0) is 34.1. The summed E-state index contributed by atoms with van der Waals surface area (Å²) in [5.41, 5.74) is 10.2. The second-order valence-electron chi connectivity index (χ2n) is 16.2. The van der Waals surface area contributed by atoms with Crippen LogP contribution in [0.2, 0.25) is 0 Å². The van der Waals surface area contributed by atoms with Crippen molar-refractivity contribution in [2.75, 3.05) is 0 Å². The molecule has 0 aliphatic rings. The molecule has 2 nitrogen and oxygen atoms in total. The van der Waals surface area contributed by atoms with Gasteiger partial charge in [-0.15, -0.1) is 0 Å². The number of aromatic nitrogens is 2. The molecule has 0 aliphatic heterocycles. The molecule has 10 aromatic rings. The highest BCUT2D eigenvalue weighted by Gasteiger charge is 2.27. The normalized spacial score (nSPS) is 13.0. The van der Waals surface area contributed by atoms with Gasteiger partial charge in [0.15, 0.2) is 0 Å². The lowest BCUT2D eigenvalue weighted by atomic mass is 9.85. The fourth-order valence-electron chi connectivity index (χ4n) is 8.71. The third-order valence-electron chi connectivity index (χ3n) is 11.1. The number of hydrogen-bond donors (Lipinski definition) is 0. The van der Waals surface area contributed by atoms with Crippen molar-refractivity contribution in [1.82, 2.24) is 9.13 Å². The molecule has 0 aliphatic carbocycles. The third kappa shape index (κ3) is 3.91. The van der Waals surface area contributed by atoms with Crippen LogP contribution in [0.1, 0.15) is 52.7 Å². The van der Waals surface area contributed by atoms with Gasteiger partial charge in [-0.3, -0.25) is 0 Å². The van der Waals surface area contributed by atoms with Gasteiger partial charge in [-0.05, 0) is 69.1 Å². The lowest BCUT2D eigenvalue weighted by Crippen LogP contribution is -2.10. The Morgan fingerprint density at radius 2 is 0.720 bits per heavy atom. The first-order valence-corrected chi connectivity index (χ1v) is 17.9. The van der Waals surface area contributed by atoms with E-state index in [0.29, 0.717) is 0 Å². The van der Waals surface area contributed by atoms with E-state index in [1.807, 2.05) is 0 Å². The molecule has 0 amide bonds. The van der Waals surface area contributed by atoms with Gasteiger partial charge in [0.2, 0.25) is 0 Å². The van der Waals surface area contributed by atoms with Crippen molar-refractivity contribution in [1.29, 1.82) is 0 Å². The van der Waals surface area contributed by atoms with Crippen molar-refractivity contribution in [3.05, 3.63) is 145 Å². The summed E-state index contributed by atoms with van der Waals surface area (Å²) >= 11 is 0. The van der Waals surface area contributed by atoms with Crippen LogP contribution in [0.4, 0.5) is 0 Å². The minimum absolute atomic E-state index is 0.0332. The van der Waals surface area contributed by atoms with Crippen LogP contribution in [0.3, 0.4) is 0 Å². The Hall–Kier alpha value is -5.60. The molecule has 0 unspecified atom stereocenters. The molecule has 242 valence electrons. The Balaban J connectivity index is 1.50. The molecule has 2 heteroatoms. The smallest absolute Gasteiger partial charge is 0.0626 e. The van der Waals surface area contributed by atoms with E-state index in [-0.39, 0.29) is 10.8 Å². The van der Waals surface area contributed by atoms with E-state index in [1.54, 1.807) is 0 Å². The maximum atomic E-state index is 2.53. The number of rotatable bonds is 2. The maximum Gasteiger partial charge on any atom is 0.0626 e. The Kier molecular flexibility index (Phi) is 5.86. The second kappa shape index (κ2) is 9.98. The maximum absolute atomic E-state index is 2.53. The molecule has 0 spiro atoms. The molecule has 0 atom stereocenters. The van der Waals surface area contributed by atoms with Crippen molar-refractivity contribution in [2.24, 2.45) is 0 Å². The van der Waals surface area contributed by atoms with E-state index in [4.69, 9.17) is 0 Å². The standard InChI is InChI=1S/C48H40N2/c1-47(2,3)29-23-25-33-39(27-29)49(31-15-9-7-10-16-31)45-37-21-14-20-36-42(37)41-35(43(33)45)19-13-22-38(41)46-44(36)34-26-24-30(48(4,5)6)28-40(34)50(46)32-17-11-8-12-18-32/h7-28H,1-6H3. The van der Waals surface area contributed by atoms with Gasteiger partial charge in [-0.1, -0.05) is 139 Å².